The van der Waals surface area contributed by atoms with Crippen LogP contribution in [-0.4, -0.2) is 12.9 Å². The fourth-order valence-corrected chi connectivity index (χ4v) is 5.97. The molecule has 1 aromatic rings. The molecule has 0 heterocycles. The third kappa shape index (κ3) is 7.01. The van der Waals surface area contributed by atoms with E-state index >= 15 is 0 Å². The van der Waals surface area contributed by atoms with Gasteiger partial charge in [-0.25, -0.2) is 0 Å². The van der Waals surface area contributed by atoms with Gasteiger partial charge in [0.25, 0.3) is 0 Å². The first-order valence-electron chi connectivity index (χ1n) is 12.7. The molecule has 0 saturated heterocycles. The average molecular weight is 415 g/mol. The van der Waals surface area contributed by atoms with E-state index in [2.05, 4.69) is 58.9 Å². The molecule has 30 heavy (non-hydrogen) atoms. The van der Waals surface area contributed by atoms with E-state index < -0.39 is 0 Å². The zero-order chi connectivity index (χ0) is 21.6. The number of aryl methyl sites for hydroxylation is 1. The second-order valence-corrected chi connectivity index (χ2v) is 11.4. The smallest absolute Gasteiger partial charge is 0.199 e. The van der Waals surface area contributed by atoms with Gasteiger partial charge in [0.15, 0.2) is 6.29 Å². The molecule has 2 aliphatic rings. The Balaban J connectivity index is 1.55. The van der Waals surface area contributed by atoms with Crippen molar-refractivity contribution >= 4 is 0 Å². The van der Waals surface area contributed by atoms with Gasteiger partial charge in [-0.2, -0.15) is 0 Å². The highest BCUT2D eigenvalue weighted by Crippen LogP contribution is 2.54. The maximum absolute atomic E-state index is 6.31. The predicted molar refractivity (Wildman–Crippen MR) is 127 cm³/mol. The first kappa shape index (κ1) is 23.6. The number of ether oxygens (including phenoxy) is 2. The molecule has 2 nitrogen and oxygen atoms in total. The van der Waals surface area contributed by atoms with E-state index in [1.807, 2.05) is 0 Å². The van der Waals surface area contributed by atoms with Gasteiger partial charge in [0.1, 0.15) is 5.75 Å². The molecule has 2 saturated carbocycles. The quantitative estimate of drug-likeness (QED) is 0.359. The van der Waals surface area contributed by atoms with Gasteiger partial charge in [0, 0.05) is 13.0 Å². The van der Waals surface area contributed by atoms with Gasteiger partial charge < -0.3 is 9.47 Å². The number of hydrogen-bond acceptors (Lipinski definition) is 2. The van der Waals surface area contributed by atoms with Gasteiger partial charge in [-0.05, 0) is 92.2 Å². The van der Waals surface area contributed by atoms with Gasteiger partial charge in [-0.15, -0.1) is 0 Å². The molecule has 0 amide bonds. The summed E-state index contributed by atoms with van der Waals surface area (Å²) in [6.45, 7) is 12.1. The minimum atomic E-state index is -0.118. The largest absolute Gasteiger partial charge is 0.465 e. The Morgan fingerprint density at radius 1 is 1.10 bits per heavy atom. The summed E-state index contributed by atoms with van der Waals surface area (Å²) in [5.74, 6) is 2.86. The summed E-state index contributed by atoms with van der Waals surface area (Å²) < 4.78 is 12.3. The van der Waals surface area contributed by atoms with E-state index in [0.29, 0.717) is 17.4 Å². The Bertz CT molecular complexity index is 629. The van der Waals surface area contributed by atoms with Gasteiger partial charge in [-0.1, -0.05) is 59.1 Å². The van der Waals surface area contributed by atoms with E-state index in [1.165, 1.54) is 63.4 Å². The van der Waals surface area contributed by atoms with Crippen LogP contribution in [0.4, 0.5) is 0 Å². The normalized spacial score (nSPS) is 27.6. The van der Waals surface area contributed by atoms with Crippen LogP contribution in [0.5, 0.6) is 5.75 Å². The van der Waals surface area contributed by atoms with Crippen LogP contribution in [0.1, 0.15) is 104 Å². The third-order valence-electron chi connectivity index (χ3n) is 7.62. The van der Waals surface area contributed by atoms with Crippen LogP contribution in [0.3, 0.4) is 0 Å². The lowest BCUT2D eigenvalue weighted by Crippen LogP contribution is -2.38. The summed E-state index contributed by atoms with van der Waals surface area (Å²) in [6.07, 6.45) is 14.5. The Labute approximate surface area is 186 Å². The molecule has 1 aromatic carbocycles. The molecule has 0 spiro atoms. The molecule has 2 heteroatoms. The van der Waals surface area contributed by atoms with Crippen molar-refractivity contribution in [3.63, 3.8) is 0 Å². The van der Waals surface area contributed by atoms with Crippen LogP contribution in [-0.2, 0) is 11.2 Å². The number of rotatable bonds is 10. The van der Waals surface area contributed by atoms with E-state index in [9.17, 15) is 0 Å². The van der Waals surface area contributed by atoms with Crippen LogP contribution in [0, 0.1) is 22.7 Å². The van der Waals surface area contributed by atoms with Crippen molar-refractivity contribution < 1.29 is 9.47 Å². The summed E-state index contributed by atoms with van der Waals surface area (Å²) >= 11 is 0. The summed E-state index contributed by atoms with van der Waals surface area (Å²) in [5.41, 5.74) is 2.32. The zero-order valence-electron chi connectivity index (χ0n) is 20.3. The topological polar surface area (TPSA) is 18.5 Å². The monoisotopic (exact) mass is 414 g/mol. The van der Waals surface area contributed by atoms with Crippen LogP contribution in [0.15, 0.2) is 24.3 Å². The van der Waals surface area contributed by atoms with E-state index in [0.717, 1.165) is 30.4 Å². The average Bonchev–Trinajstić information content (AvgIpc) is 2.71. The Hall–Kier alpha value is -1.02. The standard InChI is InChI=1S/C28H46O2/c1-6-22-19-24-9-8-16-28(20-22,21-24)18-15-26(29-7-2)30-25-12-10-23(11-13-25)14-17-27(3,4)5/h10-13,22,24,26H,6-9,14-21H2,1-5H3. The summed E-state index contributed by atoms with van der Waals surface area (Å²) in [6, 6.07) is 8.71. The molecular formula is C28H46O2. The van der Waals surface area contributed by atoms with Gasteiger partial charge in [0.05, 0.1) is 0 Å². The van der Waals surface area contributed by atoms with Crippen LogP contribution < -0.4 is 4.74 Å². The molecule has 0 radical (unpaired) electrons. The lowest BCUT2D eigenvalue weighted by Gasteiger charge is -2.49. The molecule has 3 rings (SSSR count). The minimum absolute atomic E-state index is 0.118. The molecule has 4 atom stereocenters. The highest BCUT2D eigenvalue weighted by Gasteiger charge is 2.42. The fraction of sp³-hybridized carbons (Fsp3) is 0.786. The molecule has 2 fully saturated rings. The Kier molecular flexibility index (Phi) is 8.30. The molecule has 2 aliphatic carbocycles. The lowest BCUT2D eigenvalue weighted by molar-refractivity contribution is -0.0923. The lowest BCUT2D eigenvalue weighted by atomic mass is 9.57. The first-order valence-corrected chi connectivity index (χ1v) is 12.7. The predicted octanol–water partition coefficient (Wildman–Crippen LogP) is 8.18. The van der Waals surface area contributed by atoms with Crippen LogP contribution in [0.2, 0.25) is 0 Å². The molecule has 0 N–H and O–H groups in total. The minimum Gasteiger partial charge on any atom is -0.465 e. The summed E-state index contributed by atoms with van der Waals surface area (Å²) in [4.78, 5) is 0. The molecule has 0 aromatic heterocycles. The van der Waals surface area contributed by atoms with Crippen molar-refractivity contribution in [3.8, 4) is 5.75 Å². The zero-order valence-corrected chi connectivity index (χ0v) is 20.3. The Morgan fingerprint density at radius 3 is 2.53 bits per heavy atom. The van der Waals surface area contributed by atoms with Crippen molar-refractivity contribution in [2.75, 3.05) is 6.61 Å². The van der Waals surface area contributed by atoms with E-state index in [4.69, 9.17) is 9.47 Å². The van der Waals surface area contributed by atoms with Gasteiger partial charge in [0.2, 0.25) is 0 Å². The third-order valence-corrected chi connectivity index (χ3v) is 7.62. The van der Waals surface area contributed by atoms with E-state index in [1.54, 1.807) is 0 Å². The van der Waals surface area contributed by atoms with Gasteiger partial charge in [-0.3, -0.25) is 0 Å². The Morgan fingerprint density at radius 2 is 1.87 bits per heavy atom. The van der Waals surface area contributed by atoms with Crippen molar-refractivity contribution in [2.24, 2.45) is 22.7 Å². The highest BCUT2D eigenvalue weighted by molar-refractivity contribution is 5.27. The molecule has 2 bridgehead atoms. The molecular weight excluding hydrogens is 368 g/mol. The number of benzene rings is 1. The van der Waals surface area contributed by atoms with Crippen molar-refractivity contribution in [1.82, 2.24) is 0 Å². The maximum atomic E-state index is 6.31. The summed E-state index contributed by atoms with van der Waals surface area (Å²) in [7, 11) is 0. The van der Waals surface area contributed by atoms with Crippen molar-refractivity contribution in [2.45, 2.75) is 112 Å². The van der Waals surface area contributed by atoms with Gasteiger partial charge >= 0.3 is 0 Å². The second-order valence-electron chi connectivity index (χ2n) is 11.4. The second kappa shape index (κ2) is 10.5. The highest BCUT2D eigenvalue weighted by atomic mass is 16.7. The molecule has 170 valence electrons. The first-order chi connectivity index (χ1) is 14.3. The summed E-state index contributed by atoms with van der Waals surface area (Å²) in [5, 5.41) is 0. The van der Waals surface area contributed by atoms with Crippen LogP contribution >= 0.6 is 0 Å². The van der Waals surface area contributed by atoms with Crippen molar-refractivity contribution in [3.05, 3.63) is 29.8 Å². The maximum Gasteiger partial charge on any atom is 0.199 e. The number of fused-ring (bicyclic) bond motifs is 2. The number of hydrogen-bond donors (Lipinski definition) is 0. The SMILES string of the molecule is CCOC(CCC12CCCC(CC(CC)C1)C2)Oc1ccc(CCC(C)(C)C)cc1. The van der Waals surface area contributed by atoms with Crippen LogP contribution in [0.25, 0.3) is 0 Å². The molecule has 0 aliphatic heterocycles. The van der Waals surface area contributed by atoms with Crippen molar-refractivity contribution in [1.29, 1.82) is 0 Å². The fourth-order valence-electron chi connectivity index (χ4n) is 5.97. The van der Waals surface area contributed by atoms with E-state index in [-0.39, 0.29) is 6.29 Å². The molecule has 4 unspecified atom stereocenters.